The molecule has 0 amide bonds. The van der Waals surface area contributed by atoms with Crippen LogP contribution in [0.15, 0.2) is 24.5 Å². The number of hydrogen-bond donors (Lipinski definition) is 1. The first-order chi connectivity index (χ1) is 9.29. The summed E-state index contributed by atoms with van der Waals surface area (Å²) in [5.74, 6) is 0. The molecule has 2 aromatic heterocycles. The van der Waals surface area contributed by atoms with Crippen molar-refractivity contribution >= 4 is 29.4 Å². The second-order valence-corrected chi connectivity index (χ2v) is 5.76. The Bertz CT molecular complexity index is 539. The van der Waals surface area contributed by atoms with Crippen LogP contribution in [0.4, 0.5) is 10.1 Å². The van der Waals surface area contributed by atoms with Crippen molar-refractivity contribution in [3.8, 4) is 0 Å². The summed E-state index contributed by atoms with van der Waals surface area (Å²) in [6.07, 6.45) is 6.29. The van der Waals surface area contributed by atoms with E-state index in [1.54, 1.807) is 12.3 Å². The number of nitrogens with one attached hydrogen (secondary N) is 1. The highest BCUT2D eigenvalue weighted by molar-refractivity contribution is 7.10. The van der Waals surface area contributed by atoms with Gasteiger partial charge in [-0.3, -0.25) is 4.68 Å². The van der Waals surface area contributed by atoms with Gasteiger partial charge in [-0.1, -0.05) is 0 Å². The topological polar surface area (TPSA) is 39.1 Å². The number of thiophene rings is 1. The van der Waals surface area contributed by atoms with Crippen molar-refractivity contribution in [1.29, 1.82) is 0 Å². The van der Waals surface area contributed by atoms with Crippen LogP contribution in [-0.2, 0) is 17.8 Å². The van der Waals surface area contributed by atoms with Crippen molar-refractivity contribution in [3.63, 3.8) is 0 Å². The molecule has 110 valence electrons. The lowest BCUT2D eigenvalue weighted by atomic mass is 10.2. The van der Waals surface area contributed by atoms with Crippen LogP contribution in [0, 0.1) is 5.13 Å². The minimum atomic E-state index is -0.147. The maximum absolute atomic E-state index is 12.8. The molecule has 1 saturated heterocycles. The van der Waals surface area contributed by atoms with Gasteiger partial charge in [0.25, 0.3) is 0 Å². The third-order valence-electron chi connectivity index (χ3n) is 3.14. The Labute approximate surface area is 127 Å². The van der Waals surface area contributed by atoms with Crippen LogP contribution in [0.2, 0.25) is 0 Å². The molecule has 2 aromatic rings. The normalized spacial score (nSPS) is 17.9. The van der Waals surface area contributed by atoms with Gasteiger partial charge >= 0.3 is 0 Å². The Morgan fingerprint density at radius 3 is 3.10 bits per heavy atom. The van der Waals surface area contributed by atoms with Gasteiger partial charge < -0.3 is 10.1 Å². The van der Waals surface area contributed by atoms with E-state index in [1.807, 2.05) is 10.9 Å². The third kappa shape index (κ3) is 3.94. The van der Waals surface area contributed by atoms with Crippen molar-refractivity contribution in [3.05, 3.63) is 34.5 Å². The summed E-state index contributed by atoms with van der Waals surface area (Å²) in [6.45, 7) is 2.29. The maximum atomic E-state index is 12.8. The highest BCUT2D eigenvalue weighted by Gasteiger charge is 2.16. The summed E-state index contributed by atoms with van der Waals surface area (Å²) in [6, 6.07) is 3.28. The van der Waals surface area contributed by atoms with Gasteiger partial charge in [0.1, 0.15) is 0 Å². The molecule has 0 aliphatic carbocycles. The van der Waals surface area contributed by atoms with Crippen LogP contribution in [0.1, 0.15) is 17.7 Å². The van der Waals surface area contributed by atoms with Gasteiger partial charge in [-0.2, -0.15) is 9.49 Å². The summed E-state index contributed by atoms with van der Waals surface area (Å²) < 4.78 is 20.3. The SMILES string of the molecule is Cl.Fc1ccc(CNc2cnn(CC3CCCO3)c2)s1. The van der Waals surface area contributed by atoms with Crippen LogP contribution in [-0.4, -0.2) is 22.5 Å². The monoisotopic (exact) mass is 317 g/mol. The number of halogens is 2. The molecule has 0 spiro atoms. The summed E-state index contributed by atoms with van der Waals surface area (Å²) in [5, 5.41) is 7.39. The molecular formula is C13H17ClFN3OS. The van der Waals surface area contributed by atoms with Crippen LogP contribution >= 0.6 is 23.7 Å². The number of nitrogens with zero attached hydrogens (tertiary/aromatic N) is 2. The van der Waals surface area contributed by atoms with E-state index in [1.165, 1.54) is 6.07 Å². The average Bonchev–Trinajstić information content (AvgIpc) is 3.10. The van der Waals surface area contributed by atoms with Crippen molar-refractivity contribution in [2.75, 3.05) is 11.9 Å². The molecule has 1 atom stereocenters. The number of aromatic nitrogens is 2. The van der Waals surface area contributed by atoms with Crippen LogP contribution in [0.3, 0.4) is 0 Å². The zero-order chi connectivity index (χ0) is 13.1. The van der Waals surface area contributed by atoms with E-state index < -0.39 is 0 Å². The third-order valence-corrected chi connectivity index (χ3v) is 4.02. The van der Waals surface area contributed by atoms with Gasteiger partial charge in [-0.05, 0) is 25.0 Å². The van der Waals surface area contributed by atoms with E-state index in [9.17, 15) is 4.39 Å². The Kier molecular flexibility index (Phi) is 5.39. The summed E-state index contributed by atoms with van der Waals surface area (Å²) in [4.78, 5) is 0.976. The molecule has 0 bridgehead atoms. The molecule has 0 aromatic carbocycles. The smallest absolute Gasteiger partial charge is 0.176 e. The summed E-state index contributed by atoms with van der Waals surface area (Å²) in [7, 11) is 0. The number of rotatable bonds is 5. The first-order valence-corrected chi connectivity index (χ1v) is 7.23. The summed E-state index contributed by atoms with van der Waals surface area (Å²) in [5.41, 5.74) is 0.951. The second kappa shape index (κ2) is 7.06. The van der Waals surface area contributed by atoms with Crippen molar-refractivity contribution in [2.24, 2.45) is 0 Å². The van der Waals surface area contributed by atoms with Gasteiger partial charge in [0.15, 0.2) is 5.13 Å². The lowest BCUT2D eigenvalue weighted by molar-refractivity contribution is 0.0940. The molecule has 1 aliphatic rings. The van der Waals surface area contributed by atoms with E-state index in [0.717, 1.165) is 47.9 Å². The zero-order valence-corrected chi connectivity index (χ0v) is 12.6. The van der Waals surface area contributed by atoms with Gasteiger partial charge in [-0.25, -0.2) is 0 Å². The van der Waals surface area contributed by atoms with Gasteiger partial charge in [-0.15, -0.1) is 23.7 Å². The van der Waals surface area contributed by atoms with Crippen LogP contribution < -0.4 is 5.32 Å². The second-order valence-electron chi connectivity index (χ2n) is 4.65. The minimum absolute atomic E-state index is 0. The molecule has 20 heavy (non-hydrogen) atoms. The lowest BCUT2D eigenvalue weighted by Crippen LogP contribution is -2.15. The van der Waals surface area contributed by atoms with E-state index in [0.29, 0.717) is 12.6 Å². The van der Waals surface area contributed by atoms with Crippen molar-refractivity contribution in [1.82, 2.24) is 9.78 Å². The Balaban J connectivity index is 0.00000147. The average molecular weight is 318 g/mol. The standard InChI is InChI=1S/C13H16FN3OS.ClH/c14-13-4-3-12(19-13)7-15-10-6-16-17(8-10)9-11-2-1-5-18-11;/h3-4,6,8,11,15H,1-2,5,7,9H2;1H. The molecule has 4 nitrogen and oxygen atoms in total. The predicted octanol–water partition coefficient (Wildman–Crippen LogP) is 3.30. The molecule has 3 rings (SSSR count). The summed E-state index contributed by atoms with van der Waals surface area (Å²) >= 11 is 1.16. The molecule has 1 fully saturated rings. The van der Waals surface area contributed by atoms with E-state index in [-0.39, 0.29) is 17.5 Å². The maximum Gasteiger partial charge on any atom is 0.176 e. The Morgan fingerprint density at radius 2 is 2.40 bits per heavy atom. The van der Waals surface area contributed by atoms with Crippen LogP contribution in [0.25, 0.3) is 0 Å². The van der Waals surface area contributed by atoms with Crippen molar-refractivity contribution in [2.45, 2.75) is 32.0 Å². The van der Waals surface area contributed by atoms with Gasteiger partial charge in [0.05, 0.1) is 24.5 Å². The largest absolute Gasteiger partial charge is 0.378 e. The number of hydrogen-bond acceptors (Lipinski definition) is 4. The number of ether oxygens (including phenoxy) is 1. The molecule has 1 unspecified atom stereocenters. The lowest BCUT2D eigenvalue weighted by Gasteiger charge is -2.08. The highest BCUT2D eigenvalue weighted by atomic mass is 35.5. The predicted molar refractivity (Wildman–Crippen MR) is 80.1 cm³/mol. The number of anilines is 1. The molecule has 7 heteroatoms. The highest BCUT2D eigenvalue weighted by Crippen LogP contribution is 2.17. The van der Waals surface area contributed by atoms with Gasteiger partial charge in [0.2, 0.25) is 0 Å². The minimum Gasteiger partial charge on any atom is -0.378 e. The fourth-order valence-electron chi connectivity index (χ4n) is 2.19. The van der Waals surface area contributed by atoms with E-state index in [2.05, 4.69) is 10.4 Å². The fraction of sp³-hybridized carbons (Fsp3) is 0.462. The van der Waals surface area contributed by atoms with Gasteiger partial charge in [0, 0.05) is 24.2 Å². The fourth-order valence-corrected chi connectivity index (χ4v) is 2.85. The molecule has 3 heterocycles. The van der Waals surface area contributed by atoms with Crippen molar-refractivity contribution < 1.29 is 9.13 Å². The van der Waals surface area contributed by atoms with E-state index in [4.69, 9.17) is 4.74 Å². The zero-order valence-electron chi connectivity index (χ0n) is 10.9. The Hall–Kier alpha value is -1.11. The first kappa shape index (κ1) is 15.3. The first-order valence-electron chi connectivity index (χ1n) is 6.42. The quantitative estimate of drug-likeness (QED) is 0.919. The molecule has 0 saturated carbocycles. The molecular weight excluding hydrogens is 301 g/mol. The van der Waals surface area contributed by atoms with Crippen LogP contribution in [0.5, 0.6) is 0 Å². The van der Waals surface area contributed by atoms with E-state index >= 15 is 0 Å². The Morgan fingerprint density at radius 1 is 1.50 bits per heavy atom. The molecule has 1 N–H and O–H groups in total. The molecule has 0 radical (unpaired) electrons. The molecule has 1 aliphatic heterocycles.